The zero-order chi connectivity index (χ0) is 20.5. The Kier molecular flexibility index (Phi) is 5.07. The third-order valence-electron chi connectivity index (χ3n) is 4.56. The lowest BCUT2D eigenvalue weighted by molar-refractivity contribution is 0.101. The predicted octanol–water partition coefficient (Wildman–Crippen LogP) is 6.12. The van der Waals surface area contributed by atoms with E-state index in [9.17, 15) is 13.6 Å². The number of rotatable bonds is 4. The minimum absolute atomic E-state index is 0.161. The Hall–Kier alpha value is -3.18. The molecule has 1 aliphatic heterocycles. The van der Waals surface area contributed by atoms with Crippen LogP contribution in [-0.4, -0.2) is 5.78 Å². The largest absolute Gasteiger partial charge is 0.489 e. The number of Topliss-reactive ketones (excluding diaryl/α,β-unsaturated/α-hetero) is 1. The highest BCUT2D eigenvalue weighted by Crippen LogP contribution is 2.37. The quantitative estimate of drug-likeness (QED) is 0.484. The average molecular weight is 413 g/mol. The number of allylic oxidation sites excluding steroid dienone is 1. The van der Waals surface area contributed by atoms with Gasteiger partial charge in [-0.15, -0.1) is 0 Å². The molecular formula is C23H15ClF2O3. The van der Waals surface area contributed by atoms with Gasteiger partial charge in [-0.25, -0.2) is 8.78 Å². The molecule has 3 aromatic rings. The fraction of sp³-hybridized carbons (Fsp3) is 0.0870. The number of fused-ring (bicyclic) bond motifs is 1. The van der Waals surface area contributed by atoms with Gasteiger partial charge in [0.05, 0.1) is 11.1 Å². The van der Waals surface area contributed by atoms with Gasteiger partial charge in [-0.3, -0.25) is 4.79 Å². The van der Waals surface area contributed by atoms with Crippen LogP contribution in [0.1, 0.15) is 27.0 Å². The van der Waals surface area contributed by atoms with E-state index in [-0.39, 0.29) is 23.7 Å². The minimum atomic E-state index is -0.678. The second kappa shape index (κ2) is 7.68. The molecule has 0 saturated carbocycles. The SMILES string of the molecule is Cc1cc(OCc2c(F)cccc2F)cc2c1C(=O)/C(=C/c1ccc(Cl)cc1)O2. The van der Waals surface area contributed by atoms with E-state index >= 15 is 0 Å². The number of benzene rings is 3. The second-order valence-corrected chi connectivity index (χ2v) is 7.03. The van der Waals surface area contributed by atoms with Crippen LogP contribution in [0.25, 0.3) is 6.08 Å². The molecule has 0 unspecified atom stereocenters. The van der Waals surface area contributed by atoms with Gasteiger partial charge in [-0.1, -0.05) is 29.8 Å². The number of carbonyl (C=O) groups is 1. The summed E-state index contributed by atoms with van der Waals surface area (Å²) in [4.78, 5) is 12.7. The summed E-state index contributed by atoms with van der Waals surface area (Å²) >= 11 is 5.88. The minimum Gasteiger partial charge on any atom is -0.489 e. The van der Waals surface area contributed by atoms with Crippen LogP contribution in [0.5, 0.6) is 11.5 Å². The first-order valence-corrected chi connectivity index (χ1v) is 9.20. The van der Waals surface area contributed by atoms with Gasteiger partial charge in [-0.2, -0.15) is 0 Å². The number of ketones is 1. The lowest BCUT2D eigenvalue weighted by atomic mass is 10.0. The molecule has 3 nitrogen and oxygen atoms in total. The highest BCUT2D eigenvalue weighted by molar-refractivity contribution is 6.30. The zero-order valence-corrected chi connectivity index (χ0v) is 16.1. The first-order chi connectivity index (χ1) is 13.9. The van der Waals surface area contributed by atoms with E-state index in [1.54, 1.807) is 49.4 Å². The van der Waals surface area contributed by atoms with Crippen molar-refractivity contribution in [1.82, 2.24) is 0 Å². The average Bonchev–Trinajstić information content (AvgIpc) is 2.99. The summed E-state index contributed by atoms with van der Waals surface area (Å²) in [5.41, 5.74) is 1.70. The molecule has 0 amide bonds. The highest BCUT2D eigenvalue weighted by atomic mass is 35.5. The van der Waals surface area contributed by atoms with Crippen molar-refractivity contribution < 1.29 is 23.0 Å². The van der Waals surface area contributed by atoms with Crippen molar-refractivity contribution in [2.45, 2.75) is 13.5 Å². The van der Waals surface area contributed by atoms with E-state index < -0.39 is 11.6 Å². The van der Waals surface area contributed by atoms with Crippen molar-refractivity contribution in [3.05, 3.63) is 99.3 Å². The van der Waals surface area contributed by atoms with Crippen molar-refractivity contribution in [3.8, 4) is 11.5 Å². The second-order valence-electron chi connectivity index (χ2n) is 6.59. The lowest BCUT2D eigenvalue weighted by Crippen LogP contribution is -2.02. The van der Waals surface area contributed by atoms with Gasteiger partial charge in [0.15, 0.2) is 5.76 Å². The van der Waals surface area contributed by atoms with E-state index in [0.717, 1.165) is 5.56 Å². The highest BCUT2D eigenvalue weighted by Gasteiger charge is 2.30. The maximum absolute atomic E-state index is 13.8. The van der Waals surface area contributed by atoms with Gasteiger partial charge in [0.25, 0.3) is 0 Å². The zero-order valence-electron chi connectivity index (χ0n) is 15.3. The van der Waals surface area contributed by atoms with E-state index in [4.69, 9.17) is 21.1 Å². The first-order valence-electron chi connectivity index (χ1n) is 8.82. The molecular weight excluding hydrogens is 398 g/mol. The van der Waals surface area contributed by atoms with Crippen molar-refractivity contribution >= 4 is 23.5 Å². The van der Waals surface area contributed by atoms with Crippen LogP contribution >= 0.6 is 11.6 Å². The van der Waals surface area contributed by atoms with E-state index in [1.165, 1.54) is 18.2 Å². The Labute approximate surface area is 171 Å². The Balaban J connectivity index is 1.58. The fourth-order valence-corrected chi connectivity index (χ4v) is 3.22. The summed E-state index contributed by atoms with van der Waals surface area (Å²) in [6.07, 6.45) is 1.63. The van der Waals surface area contributed by atoms with Gasteiger partial charge < -0.3 is 9.47 Å². The lowest BCUT2D eigenvalue weighted by Gasteiger charge is -2.10. The predicted molar refractivity (Wildman–Crippen MR) is 106 cm³/mol. The van der Waals surface area contributed by atoms with Crippen molar-refractivity contribution in [2.24, 2.45) is 0 Å². The third kappa shape index (κ3) is 3.87. The number of aryl methyl sites for hydroxylation is 1. The molecule has 1 heterocycles. The molecule has 0 aliphatic carbocycles. The summed E-state index contributed by atoms with van der Waals surface area (Å²) in [7, 11) is 0. The van der Waals surface area contributed by atoms with Crippen LogP contribution in [0.15, 0.2) is 60.4 Å². The van der Waals surface area contributed by atoms with Crippen LogP contribution in [0.3, 0.4) is 0 Å². The molecule has 0 saturated heterocycles. The Morgan fingerprint density at radius 3 is 2.45 bits per heavy atom. The molecule has 146 valence electrons. The van der Waals surface area contributed by atoms with Gasteiger partial charge in [-0.05, 0) is 54.5 Å². The van der Waals surface area contributed by atoms with Crippen LogP contribution in [0, 0.1) is 18.6 Å². The molecule has 0 N–H and O–H groups in total. The maximum atomic E-state index is 13.8. The van der Waals surface area contributed by atoms with Crippen molar-refractivity contribution in [3.63, 3.8) is 0 Å². The monoisotopic (exact) mass is 412 g/mol. The van der Waals surface area contributed by atoms with Crippen LogP contribution in [-0.2, 0) is 6.61 Å². The smallest absolute Gasteiger partial charge is 0.232 e. The molecule has 1 aliphatic rings. The maximum Gasteiger partial charge on any atom is 0.232 e. The van der Waals surface area contributed by atoms with Crippen LogP contribution < -0.4 is 9.47 Å². The molecule has 0 atom stereocenters. The van der Waals surface area contributed by atoms with Crippen molar-refractivity contribution in [1.29, 1.82) is 0 Å². The van der Waals surface area contributed by atoms with Crippen LogP contribution in [0.4, 0.5) is 8.78 Å². The number of halogens is 3. The molecule has 3 aromatic carbocycles. The van der Waals surface area contributed by atoms with Gasteiger partial charge in [0.2, 0.25) is 5.78 Å². The first kappa shape index (κ1) is 19.2. The third-order valence-corrected chi connectivity index (χ3v) is 4.81. The molecule has 0 aromatic heterocycles. The summed E-state index contributed by atoms with van der Waals surface area (Å²) < 4.78 is 38.8. The number of ether oxygens (including phenoxy) is 2. The topological polar surface area (TPSA) is 35.5 Å². The molecule has 29 heavy (non-hydrogen) atoms. The number of carbonyl (C=O) groups excluding carboxylic acids is 1. The number of hydrogen-bond donors (Lipinski definition) is 0. The summed E-state index contributed by atoms with van der Waals surface area (Å²) in [6.45, 7) is 1.47. The molecule has 0 radical (unpaired) electrons. The summed E-state index contributed by atoms with van der Waals surface area (Å²) in [6, 6.07) is 13.8. The van der Waals surface area contributed by atoms with Gasteiger partial charge in [0, 0.05) is 11.1 Å². The van der Waals surface area contributed by atoms with Crippen molar-refractivity contribution in [2.75, 3.05) is 0 Å². The van der Waals surface area contributed by atoms with Gasteiger partial charge in [0.1, 0.15) is 29.7 Å². The Morgan fingerprint density at radius 2 is 1.76 bits per heavy atom. The van der Waals surface area contributed by atoms with Gasteiger partial charge >= 0.3 is 0 Å². The van der Waals surface area contributed by atoms with E-state index in [0.29, 0.717) is 27.6 Å². The summed E-state index contributed by atoms with van der Waals surface area (Å²) in [5.74, 6) is -0.712. The molecule has 0 spiro atoms. The Morgan fingerprint density at radius 1 is 1.07 bits per heavy atom. The molecule has 4 rings (SSSR count). The standard InChI is InChI=1S/C23H15ClF2O3/c1-13-9-16(28-12-17-18(25)3-2-4-19(17)26)11-20-22(13)23(27)21(29-20)10-14-5-7-15(24)8-6-14/h2-11H,12H2,1H3/b21-10-. The normalized spacial score (nSPS) is 14.1. The molecule has 0 fully saturated rings. The number of hydrogen-bond acceptors (Lipinski definition) is 3. The van der Waals surface area contributed by atoms with Crippen LogP contribution in [0.2, 0.25) is 5.02 Å². The van der Waals surface area contributed by atoms with E-state index in [2.05, 4.69) is 0 Å². The van der Waals surface area contributed by atoms with E-state index in [1.807, 2.05) is 0 Å². The molecule has 6 heteroatoms. The fourth-order valence-electron chi connectivity index (χ4n) is 3.10. The molecule has 0 bridgehead atoms. The Bertz CT molecular complexity index is 1120. The summed E-state index contributed by atoms with van der Waals surface area (Å²) in [5, 5.41) is 0.595.